The van der Waals surface area contributed by atoms with Crippen molar-refractivity contribution in [2.24, 2.45) is 5.92 Å². The summed E-state index contributed by atoms with van der Waals surface area (Å²) in [5.41, 5.74) is 0.644. The van der Waals surface area contributed by atoms with Crippen molar-refractivity contribution in [2.45, 2.75) is 12.3 Å². The molecule has 20 heavy (non-hydrogen) atoms. The number of ether oxygens (including phenoxy) is 2. The van der Waals surface area contributed by atoms with Crippen LogP contribution in [0.3, 0.4) is 0 Å². The summed E-state index contributed by atoms with van der Waals surface area (Å²) in [4.78, 5) is 12.4. The molecule has 1 aliphatic heterocycles. The molecular weight excluding hydrogens is 260 g/mol. The highest BCUT2D eigenvalue weighted by atomic mass is 16.6. The van der Waals surface area contributed by atoms with Gasteiger partial charge in [0.2, 0.25) is 0 Å². The van der Waals surface area contributed by atoms with Gasteiger partial charge in [-0.15, -0.1) is 10.2 Å². The Bertz CT molecular complexity index is 656. The molecule has 1 aromatic heterocycles. The number of ketones is 1. The molecule has 7 heteroatoms. The molecular formula is C13H12N4O3. The van der Waals surface area contributed by atoms with Gasteiger partial charge in [-0.05, 0) is 24.6 Å². The van der Waals surface area contributed by atoms with Crippen LogP contribution in [0, 0.1) is 5.92 Å². The predicted octanol–water partition coefficient (Wildman–Crippen LogP) is 0.957. The van der Waals surface area contributed by atoms with Crippen molar-refractivity contribution in [1.29, 1.82) is 0 Å². The first-order chi connectivity index (χ1) is 9.83. The first kappa shape index (κ1) is 11.4. The Morgan fingerprint density at radius 3 is 2.90 bits per heavy atom. The zero-order valence-electron chi connectivity index (χ0n) is 10.6. The number of tetrazole rings is 1. The lowest BCUT2D eigenvalue weighted by Gasteiger charge is -2.18. The number of Topliss-reactive ketones (excluding diaryl/α,β-unsaturated/α-hetero) is 1. The lowest BCUT2D eigenvalue weighted by atomic mass is 10.0. The normalized spacial score (nSPS) is 23.4. The van der Waals surface area contributed by atoms with Crippen LogP contribution in [0.25, 0.3) is 0 Å². The third-order valence-electron chi connectivity index (χ3n) is 3.65. The number of rotatable bonds is 3. The Morgan fingerprint density at radius 1 is 1.25 bits per heavy atom. The average Bonchev–Trinajstić information content (AvgIpc) is 3.11. The number of H-pyrrole nitrogens is 1. The van der Waals surface area contributed by atoms with E-state index in [1.807, 2.05) is 0 Å². The maximum Gasteiger partial charge on any atom is 0.178 e. The van der Waals surface area contributed by atoms with E-state index in [0.717, 1.165) is 6.42 Å². The summed E-state index contributed by atoms with van der Waals surface area (Å²) in [5.74, 6) is 2.06. The van der Waals surface area contributed by atoms with Gasteiger partial charge < -0.3 is 9.47 Å². The Hall–Kier alpha value is -2.44. The number of carbonyl (C=O) groups is 1. The third-order valence-corrected chi connectivity index (χ3v) is 3.65. The Labute approximate surface area is 114 Å². The minimum atomic E-state index is -0.0600. The fraction of sp³-hybridized carbons (Fsp3) is 0.385. The summed E-state index contributed by atoms with van der Waals surface area (Å²) in [6, 6.07) is 5.32. The molecule has 0 saturated heterocycles. The van der Waals surface area contributed by atoms with Gasteiger partial charge in [-0.3, -0.25) is 4.79 Å². The second-order valence-electron chi connectivity index (χ2n) is 4.94. The lowest BCUT2D eigenvalue weighted by molar-refractivity contribution is 0.0963. The molecule has 2 aromatic rings. The molecule has 1 fully saturated rings. The Kier molecular flexibility index (Phi) is 2.45. The quantitative estimate of drug-likeness (QED) is 0.837. The van der Waals surface area contributed by atoms with Crippen LogP contribution >= 0.6 is 0 Å². The smallest absolute Gasteiger partial charge is 0.178 e. The number of hydrogen-bond donors (Lipinski definition) is 1. The highest BCUT2D eigenvalue weighted by Crippen LogP contribution is 2.48. The van der Waals surface area contributed by atoms with Gasteiger partial charge in [0.1, 0.15) is 13.2 Å². The van der Waals surface area contributed by atoms with Gasteiger partial charge in [-0.1, -0.05) is 5.21 Å². The van der Waals surface area contributed by atoms with Crippen LogP contribution in [-0.2, 0) is 0 Å². The van der Waals surface area contributed by atoms with Crippen LogP contribution in [-0.4, -0.2) is 39.6 Å². The molecule has 1 saturated carbocycles. The van der Waals surface area contributed by atoms with E-state index in [0.29, 0.717) is 36.1 Å². The van der Waals surface area contributed by atoms with Crippen molar-refractivity contribution in [1.82, 2.24) is 20.6 Å². The predicted molar refractivity (Wildman–Crippen MR) is 66.8 cm³/mol. The zero-order chi connectivity index (χ0) is 13.5. The van der Waals surface area contributed by atoms with Crippen LogP contribution < -0.4 is 9.47 Å². The first-order valence-corrected chi connectivity index (χ1v) is 6.50. The number of aromatic amines is 1. The average molecular weight is 272 g/mol. The molecule has 0 amide bonds. The van der Waals surface area contributed by atoms with Gasteiger partial charge in [-0.25, -0.2) is 0 Å². The second-order valence-corrected chi connectivity index (χ2v) is 4.94. The van der Waals surface area contributed by atoms with Crippen molar-refractivity contribution in [3.05, 3.63) is 29.6 Å². The van der Waals surface area contributed by atoms with Gasteiger partial charge in [0.15, 0.2) is 23.1 Å². The Balaban J connectivity index is 1.55. The first-order valence-electron chi connectivity index (χ1n) is 6.50. The van der Waals surface area contributed by atoms with Crippen LogP contribution in [0.1, 0.15) is 28.5 Å². The maximum absolute atomic E-state index is 12.4. The van der Waals surface area contributed by atoms with Gasteiger partial charge in [0.05, 0.1) is 0 Å². The number of hydrogen-bond acceptors (Lipinski definition) is 6. The minimum absolute atomic E-state index is 0.0600. The molecule has 2 aliphatic rings. The molecule has 1 N–H and O–H groups in total. The van der Waals surface area contributed by atoms with Gasteiger partial charge in [0, 0.05) is 17.4 Å². The number of aromatic nitrogens is 4. The van der Waals surface area contributed by atoms with Crippen molar-refractivity contribution < 1.29 is 14.3 Å². The molecule has 2 atom stereocenters. The Morgan fingerprint density at radius 2 is 2.10 bits per heavy atom. The van der Waals surface area contributed by atoms with Crippen molar-refractivity contribution in [2.75, 3.05) is 13.2 Å². The molecule has 1 aliphatic carbocycles. The van der Waals surface area contributed by atoms with Crippen LogP contribution in [0.2, 0.25) is 0 Å². The fourth-order valence-electron chi connectivity index (χ4n) is 2.51. The third kappa shape index (κ3) is 1.82. The number of nitrogens with zero attached hydrogens (tertiary/aromatic N) is 3. The van der Waals surface area contributed by atoms with Crippen LogP contribution in [0.15, 0.2) is 18.2 Å². The van der Waals surface area contributed by atoms with E-state index in [1.165, 1.54) is 0 Å². The van der Waals surface area contributed by atoms with Crippen molar-refractivity contribution in [3.63, 3.8) is 0 Å². The van der Waals surface area contributed by atoms with Crippen molar-refractivity contribution >= 4 is 5.78 Å². The summed E-state index contributed by atoms with van der Waals surface area (Å²) < 4.78 is 10.9. The minimum Gasteiger partial charge on any atom is -0.486 e. The number of nitrogens with one attached hydrogen (secondary N) is 1. The summed E-state index contributed by atoms with van der Waals surface area (Å²) in [5, 5.41) is 13.8. The van der Waals surface area contributed by atoms with E-state index < -0.39 is 0 Å². The molecule has 1 aromatic carbocycles. The van der Waals surface area contributed by atoms with Gasteiger partial charge in [0.25, 0.3) is 0 Å². The highest BCUT2D eigenvalue weighted by Gasteiger charge is 2.46. The molecule has 7 nitrogen and oxygen atoms in total. The highest BCUT2D eigenvalue weighted by molar-refractivity contribution is 6.00. The number of carbonyl (C=O) groups excluding carboxylic acids is 1. The van der Waals surface area contributed by atoms with E-state index in [-0.39, 0.29) is 17.6 Å². The molecule has 0 unspecified atom stereocenters. The number of fused-ring (bicyclic) bond motifs is 1. The van der Waals surface area contributed by atoms with E-state index in [1.54, 1.807) is 18.2 Å². The largest absolute Gasteiger partial charge is 0.486 e. The summed E-state index contributed by atoms with van der Waals surface area (Å²) in [7, 11) is 0. The molecule has 2 heterocycles. The van der Waals surface area contributed by atoms with Crippen LogP contribution in [0.4, 0.5) is 0 Å². The molecule has 0 bridgehead atoms. The van der Waals surface area contributed by atoms with Gasteiger partial charge in [-0.2, -0.15) is 5.21 Å². The van der Waals surface area contributed by atoms with E-state index >= 15 is 0 Å². The molecule has 102 valence electrons. The summed E-state index contributed by atoms with van der Waals surface area (Å²) in [6.07, 6.45) is 0.771. The maximum atomic E-state index is 12.4. The van der Waals surface area contributed by atoms with E-state index in [4.69, 9.17) is 9.47 Å². The second kappa shape index (κ2) is 4.29. The van der Waals surface area contributed by atoms with Crippen molar-refractivity contribution in [3.8, 4) is 11.5 Å². The summed E-state index contributed by atoms with van der Waals surface area (Å²) in [6.45, 7) is 1.06. The molecule has 0 spiro atoms. The monoisotopic (exact) mass is 272 g/mol. The fourth-order valence-corrected chi connectivity index (χ4v) is 2.51. The summed E-state index contributed by atoms with van der Waals surface area (Å²) >= 11 is 0. The standard InChI is InChI=1S/C13H12N4O3/c18-12(8-6-9(8)13-14-16-17-15-13)7-1-2-10-11(5-7)20-4-3-19-10/h1-2,5,8-9H,3-4,6H2,(H,14,15,16,17)/t8-,9-/m0/s1. The topological polar surface area (TPSA) is 90.0 Å². The number of benzene rings is 1. The zero-order valence-corrected chi connectivity index (χ0v) is 10.6. The van der Waals surface area contributed by atoms with Gasteiger partial charge >= 0.3 is 0 Å². The molecule has 4 rings (SSSR count). The van der Waals surface area contributed by atoms with E-state index in [2.05, 4.69) is 20.6 Å². The molecule has 0 radical (unpaired) electrons. The SMILES string of the molecule is O=C(c1ccc2c(c1)OCCO2)[C@H]1C[C@@H]1c1nn[nH]n1. The van der Waals surface area contributed by atoms with Crippen LogP contribution in [0.5, 0.6) is 11.5 Å². The van der Waals surface area contributed by atoms with E-state index in [9.17, 15) is 4.79 Å². The lowest BCUT2D eigenvalue weighted by Crippen LogP contribution is -2.16.